The second-order valence-electron chi connectivity index (χ2n) is 5.47. The van der Waals surface area contributed by atoms with Gasteiger partial charge in [0.2, 0.25) is 0 Å². The van der Waals surface area contributed by atoms with Gasteiger partial charge in [-0.1, -0.05) is 55.1 Å². The van der Waals surface area contributed by atoms with Crippen molar-refractivity contribution in [2.75, 3.05) is 19.0 Å². The van der Waals surface area contributed by atoms with Crippen molar-refractivity contribution in [3.05, 3.63) is 78.9 Å². The Labute approximate surface area is 142 Å². The third-order valence-corrected chi connectivity index (χ3v) is 3.86. The predicted molar refractivity (Wildman–Crippen MR) is 100.0 cm³/mol. The molecule has 3 aromatic carbocycles. The lowest BCUT2D eigenvalue weighted by Gasteiger charge is -2.13. The number of hydrogen-bond donors (Lipinski definition) is 1. The van der Waals surface area contributed by atoms with Gasteiger partial charge in [-0.15, -0.1) is 0 Å². The van der Waals surface area contributed by atoms with E-state index in [1.807, 2.05) is 18.2 Å². The lowest BCUT2D eigenvalue weighted by Crippen LogP contribution is -2.02. The highest BCUT2D eigenvalue weighted by Crippen LogP contribution is 2.29. The van der Waals surface area contributed by atoms with E-state index in [1.165, 1.54) is 10.8 Å². The van der Waals surface area contributed by atoms with Crippen molar-refractivity contribution in [3.8, 4) is 11.5 Å². The Morgan fingerprint density at radius 2 is 1.83 bits per heavy atom. The summed E-state index contributed by atoms with van der Waals surface area (Å²) >= 11 is 0. The number of fused-ring (bicyclic) bond motifs is 1. The van der Waals surface area contributed by atoms with E-state index in [1.54, 1.807) is 13.2 Å². The lowest BCUT2D eigenvalue weighted by atomic mass is 10.1. The fourth-order valence-corrected chi connectivity index (χ4v) is 2.67. The van der Waals surface area contributed by atoms with Crippen LogP contribution in [0.5, 0.6) is 11.5 Å². The number of benzene rings is 3. The summed E-state index contributed by atoms with van der Waals surface area (Å²) in [5.41, 5.74) is 2.25. The lowest BCUT2D eigenvalue weighted by molar-refractivity contribution is 0.326. The van der Waals surface area contributed by atoms with E-state index in [0.29, 0.717) is 13.2 Å². The van der Waals surface area contributed by atoms with Crippen molar-refractivity contribution in [2.45, 2.75) is 6.54 Å². The van der Waals surface area contributed by atoms with Crippen LogP contribution in [-0.4, -0.2) is 13.7 Å². The standard InChI is InChI=1S/C21H21NO2/c1-3-13-24-20-12-11-16(14-21(20)23-2)15-22-19-10-6-8-17-7-4-5-9-18(17)19/h3-12,14,22H,1,13,15H2,2H3. The molecule has 0 spiro atoms. The van der Waals surface area contributed by atoms with E-state index in [2.05, 4.69) is 54.4 Å². The van der Waals surface area contributed by atoms with Crippen molar-refractivity contribution >= 4 is 16.5 Å². The highest BCUT2D eigenvalue weighted by atomic mass is 16.5. The molecule has 0 aromatic heterocycles. The van der Waals surface area contributed by atoms with E-state index >= 15 is 0 Å². The number of anilines is 1. The zero-order valence-electron chi connectivity index (χ0n) is 13.8. The first kappa shape index (κ1) is 15.9. The summed E-state index contributed by atoms with van der Waals surface area (Å²) in [6.07, 6.45) is 1.72. The average molecular weight is 319 g/mol. The fourth-order valence-electron chi connectivity index (χ4n) is 2.67. The van der Waals surface area contributed by atoms with Crippen LogP contribution in [0.25, 0.3) is 10.8 Å². The summed E-state index contributed by atoms with van der Waals surface area (Å²) in [5.74, 6) is 1.46. The van der Waals surface area contributed by atoms with Gasteiger partial charge in [0.15, 0.2) is 11.5 Å². The molecule has 0 saturated carbocycles. The molecule has 3 aromatic rings. The molecule has 0 radical (unpaired) electrons. The zero-order valence-corrected chi connectivity index (χ0v) is 13.8. The third-order valence-electron chi connectivity index (χ3n) is 3.86. The Hall–Kier alpha value is -2.94. The molecule has 122 valence electrons. The molecule has 0 aliphatic rings. The van der Waals surface area contributed by atoms with E-state index < -0.39 is 0 Å². The Bertz CT molecular complexity index is 837. The summed E-state index contributed by atoms with van der Waals surface area (Å²) in [6.45, 7) is 4.84. The maximum absolute atomic E-state index is 5.59. The van der Waals surface area contributed by atoms with Crippen LogP contribution in [0.1, 0.15) is 5.56 Å². The van der Waals surface area contributed by atoms with Crippen LogP contribution in [0.2, 0.25) is 0 Å². The van der Waals surface area contributed by atoms with Gasteiger partial charge in [0.1, 0.15) is 6.61 Å². The second-order valence-corrected chi connectivity index (χ2v) is 5.47. The number of hydrogen-bond acceptors (Lipinski definition) is 3. The number of ether oxygens (including phenoxy) is 2. The minimum Gasteiger partial charge on any atom is -0.493 e. The van der Waals surface area contributed by atoms with Crippen molar-refractivity contribution in [1.82, 2.24) is 0 Å². The van der Waals surface area contributed by atoms with Gasteiger partial charge in [-0.2, -0.15) is 0 Å². The molecule has 0 aliphatic carbocycles. The SMILES string of the molecule is C=CCOc1ccc(CNc2cccc3ccccc23)cc1OC. The molecule has 3 rings (SSSR count). The summed E-state index contributed by atoms with van der Waals surface area (Å²) in [6, 6.07) is 20.6. The van der Waals surface area contributed by atoms with Crippen molar-refractivity contribution in [3.63, 3.8) is 0 Å². The quantitative estimate of drug-likeness (QED) is 0.620. The van der Waals surface area contributed by atoms with Crippen LogP contribution in [0.15, 0.2) is 73.3 Å². The fraction of sp³-hybridized carbons (Fsp3) is 0.143. The smallest absolute Gasteiger partial charge is 0.161 e. The van der Waals surface area contributed by atoms with Gasteiger partial charge in [-0.05, 0) is 29.1 Å². The molecular weight excluding hydrogens is 298 g/mol. The van der Waals surface area contributed by atoms with E-state index in [9.17, 15) is 0 Å². The first-order valence-corrected chi connectivity index (χ1v) is 7.94. The molecule has 0 aliphatic heterocycles. The van der Waals surface area contributed by atoms with Crippen LogP contribution >= 0.6 is 0 Å². The molecule has 0 fully saturated rings. The minimum absolute atomic E-state index is 0.462. The molecule has 3 nitrogen and oxygen atoms in total. The Kier molecular flexibility index (Phi) is 5.02. The topological polar surface area (TPSA) is 30.5 Å². The van der Waals surface area contributed by atoms with E-state index in [0.717, 1.165) is 22.7 Å². The van der Waals surface area contributed by atoms with Gasteiger partial charge in [0.25, 0.3) is 0 Å². The Morgan fingerprint density at radius 1 is 1.00 bits per heavy atom. The molecule has 3 heteroatoms. The maximum Gasteiger partial charge on any atom is 0.161 e. The first-order chi connectivity index (χ1) is 11.8. The summed E-state index contributed by atoms with van der Waals surface area (Å²) < 4.78 is 11.0. The van der Waals surface area contributed by atoms with Crippen LogP contribution in [-0.2, 0) is 6.54 Å². The first-order valence-electron chi connectivity index (χ1n) is 7.94. The largest absolute Gasteiger partial charge is 0.493 e. The van der Waals surface area contributed by atoms with Crippen molar-refractivity contribution in [1.29, 1.82) is 0 Å². The summed E-state index contributed by atoms with van der Waals surface area (Å²) in [7, 11) is 1.65. The Morgan fingerprint density at radius 3 is 2.67 bits per heavy atom. The van der Waals surface area contributed by atoms with E-state index in [4.69, 9.17) is 9.47 Å². The van der Waals surface area contributed by atoms with E-state index in [-0.39, 0.29) is 0 Å². The van der Waals surface area contributed by atoms with Gasteiger partial charge in [0.05, 0.1) is 7.11 Å². The molecule has 24 heavy (non-hydrogen) atoms. The van der Waals surface area contributed by atoms with Crippen LogP contribution < -0.4 is 14.8 Å². The van der Waals surface area contributed by atoms with Gasteiger partial charge < -0.3 is 14.8 Å². The zero-order chi connectivity index (χ0) is 16.8. The highest BCUT2D eigenvalue weighted by Gasteiger charge is 2.06. The minimum atomic E-state index is 0.462. The molecule has 0 heterocycles. The van der Waals surface area contributed by atoms with Crippen molar-refractivity contribution in [2.24, 2.45) is 0 Å². The van der Waals surface area contributed by atoms with Crippen LogP contribution in [0.4, 0.5) is 5.69 Å². The molecule has 0 atom stereocenters. The van der Waals surface area contributed by atoms with Crippen LogP contribution in [0.3, 0.4) is 0 Å². The molecule has 1 N–H and O–H groups in total. The molecule has 0 amide bonds. The number of methoxy groups -OCH3 is 1. The number of nitrogens with one attached hydrogen (secondary N) is 1. The Balaban J connectivity index is 1.77. The van der Waals surface area contributed by atoms with Crippen molar-refractivity contribution < 1.29 is 9.47 Å². The maximum atomic E-state index is 5.59. The van der Waals surface area contributed by atoms with Crippen LogP contribution in [0, 0.1) is 0 Å². The normalized spacial score (nSPS) is 10.4. The highest BCUT2D eigenvalue weighted by molar-refractivity contribution is 5.93. The van der Waals surface area contributed by atoms with Gasteiger partial charge in [-0.25, -0.2) is 0 Å². The predicted octanol–water partition coefficient (Wildman–Crippen LogP) is 5.03. The molecule has 0 unspecified atom stereocenters. The monoisotopic (exact) mass is 319 g/mol. The molecule has 0 bridgehead atoms. The summed E-state index contributed by atoms with van der Waals surface area (Å²) in [4.78, 5) is 0. The third kappa shape index (κ3) is 3.51. The summed E-state index contributed by atoms with van der Waals surface area (Å²) in [5, 5.41) is 5.96. The van der Waals surface area contributed by atoms with Gasteiger partial charge in [-0.3, -0.25) is 0 Å². The van der Waals surface area contributed by atoms with Gasteiger partial charge in [0, 0.05) is 17.6 Å². The van der Waals surface area contributed by atoms with Gasteiger partial charge >= 0.3 is 0 Å². The molecule has 0 saturated heterocycles. The number of rotatable bonds is 7. The average Bonchev–Trinajstić information content (AvgIpc) is 2.64. The molecular formula is C21H21NO2. The second kappa shape index (κ2) is 7.55.